The van der Waals surface area contributed by atoms with Crippen LogP contribution in [0.25, 0.3) is 11.1 Å². The zero-order valence-corrected chi connectivity index (χ0v) is 18.9. The first kappa shape index (κ1) is 22.3. The van der Waals surface area contributed by atoms with Gasteiger partial charge >= 0.3 is 6.03 Å². The van der Waals surface area contributed by atoms with Gasteiger partial charge in [0.2, 0.25) is 5.91 Å². The molecule has 0 spiro atoms. The van der Waals surface area contributed by atoms with Crippen LogP contribution in [0.5, 0.6) is 0 Å². The summed E-state index contributed by atoms with van der Waals surface area (Å²) in [4.78, 5) is 27.8. The number of aryl methyl sites for hydroxylation is 2. The Morgan fingerprint density at radius 2 is 1.78 bits per heavy atom. The third-order valence-corrected chi connectivity index (χ3v) is 6.55. The summed E-state index contributed by atoms with van der Waals surface area (Å²) in [7, 11) is 0. The molecule has 1 atom stereocenters. The number of benzene rings is 1. The summed E-state index contributed by atoms with van der Waals surface area (Å²) in [6.07, 6.45) is 5.30. The Bertz CT molecular complexity index is 908. The average Bonchev–Trinajstić information content (AvgIpc) is 3.16. The second kappa shape index (κ2) is 10.2. The van der Waals surface area contributed by atoms with Gasteiger partial charge in [-0.1, -0.05) is 31.4 Å². The van der Waals surface area contributed by atoms with Gasteiger partial charge in [-0.15, -0.1) is 0 Å². The number of anilines is 1. The number of nitrogens with zero attached hydrogens (tertiary/aromatic N) is 2. The Labute approximate surface area is 189 Å². The monoisotopic (exact) mass is 439 g/mol. The number of rotatable bonds is 5. The van der Waals surface area contributed by atoms with Gasteiger partial charge in [0.1, 0.15) is 6.04 Å². The number of aromatic nitrogens is 2. The lowest BCUT2D eigenvalue weighted by molar-refractivity contribution is -0.119. The Hall–Kier alpha value is -2.87. The van der Waals surface area contributed by atoms with Crippen molar-refractivity contribution in [1.82, 2.24) is 20.4 Å². The summed E-state index contributed by atoms with van der Waals surface area (Å²) < 4.78 is 5.34. The molecule has 0 bridgehead atoms. The van der Waals surface area contributed by atoms with Crippen LogP contribution < -0.4 is 10.6 Å². The maximum absolute atomic E-state index is 13.3. The molecule has 3 N–H and O–H groups in total. The molecule has 0 unspecified atom stereocenters. The Morgan fingerprint density at radius 3 is 2.41 bits per heavy atom. The van der Waals surface area contributed by atoms with Crippen LogP contribution in [-0.2, 0) is 9.53 Å². The molecular formula is C24H33N5O3. The zero-order valence-electron chi connectivity index (χ0n) is 18.9. The van der Waals surface area contributed by atoms with E-state index in [4.69, 9.17) is 4.74 Å². The highest BCUT2D eigenvalue weighted by molar-refractivity contribution is 5.97. The number of aromatic amines is 1. The summed E-state index contributed by atoms with van der Waals surface area (Å²) in [6.45, 7) is 6.15. The summed E-state index contributed by atoms with van der Waals surface area (Å²) >= 11 is 0. The van der Waals surface area contributed by atoms with Crippen LogP contribution in [-0.4, -0.2) is 59.4 Å². The first-order chi connectivity index (χ1) is 15.5. The van der Waals surface area contributed by atoms with Gasteiger partial charge in [-0.05, 0) is 50.3 Å². The van der Waals surface area contributed by atoms with Gasteiger partial charge < -0.3 is 20.3 Å². The number of hydrogen-bond acceptors (Lipinski definition) is 4. The molecule has 2 heterocycles. The van der Waals surface area contributed by atoms with E-state index in [0.29, 0.717) is 26.3 Å². The van der Waals surface area contributed by atoms with E-state index < -0.39 is 6.04 Å². The largest absolute Gasteiger partial charge is 0.378 e. The third kappa shape index (κ3) is 5.12. The van der Waals surface area contributed by atoms with Crippen molar-refractivity contribution in [3.8, 4) is 11.1 Å². The van der Waals surface area contributed by atoms with E-state index in [-0.39, 0.29) is 17.9 Å². The second-order valence-corrected chi connectivity index (χ2v) is 8.80. The minimum atomic E-state index is -0.538. The Balaban J connectivity index is 1.46. The standard InChI is InChI=1S/C24H33N5O3/c1-16-21(17(2)28-27-16)18-8-10-20(11-9-18)25-23(30)22(19-6-4-3-5-7-19)26-24(31)29-12-14-32-15-13-29/h8-11,19,22H,3-7,12-15H2,1-2H3,(H,25,30)(H,26,31)(H,27,28)/t22-/m0/s1. The molecule has 1 saturated carbocycles. The molecule has 1 aliphatic heterocycles. The molecule has 0 radical (unpaired) electrons. The summed E-state index contributed by atoms with van der Waals surface area (Å²) in [5, 5.41) is 13.3. The van der Waals surface area contributed by atoms with Crippen molar-refractivity contribution in [2.45, 2.75) is 52.0 Å². The quantitative estimate of drug-likeness (QED) is 0.662. The lowest BCUT2D eigenvalue weighted by atomic mass is 9.83. The van der Waals surface area contributed by atoms with Crippen LogP contribution in [0.2, 0.25) is 0 Å². The first-order valence-electron chi connectivity index (χ1n) is 11.6. The maximum Gasteiger partial charge on any atom is 0.318 e. The van der Waals surface area contributed by atoms with E-state index in [1.54, 1.807) is 4.90 Å². The topological polar surface area (TPSA) is 99.3 Å². The van der Waals surface area contributed by atoms with Crippen molar-refractivity contribution < 1.29 is 14.3 Å². The molecule has 2 fully saturated rings. The zero-order chi connectivity index (χ0) is 22.5. The van der Waals surface area contributed by atoms with E-state index in [1.165, 1.54) is 6.42 Å². The van der Waals surface area contributed by atoms with Crippen molar-refractivity contribution in [2.75, 3.05) is 31.6 Å². The van der Waals surface area contributed by atoms with Gasteiger partial charge in [0.25, 0.3) is 0 Å². The molecule has 8 heteroatoms. The van der Waals surface area contributed by atoms with Crippen LogP contribution in [0.1, 0.15) is 43.5 Å². The SMILES string of the molecule is Cc1n[nH]c(C)c1-c1ccc(NC(=O)[C@@H](NC(=O)N2CCOCC2)C2CCCCC2)cc1. The second-order valence-electron chi connectivity index (χ2n) is 8.80. The van der Waals surface area contributed by atoms with Crippen LogP contribution in [0, 0.1) is 19.8 Å². The van der Waals surface area contributed by atoms with Gasteiger partial charge in [-0.25, -0.2) is 4.79 Å². The molecule has 3 amide bonds. The molecule has 1 aromatic carbocycles. The van der Waals surface area contributed by atoms with Crippen LogP contribution >= 0.6 is 0 Å². The van der Waals surface area contributed by atoms with E-state index in [9.17, 15) is 9.59 Å². The fourth-order valence-electron chi connectivity index (χ4n) is 4.77. The highest BCUT2D eigenvalue weighted by Crippen LogP contribution is 2.29. The van der Waals surface area contributed by atoms with Gasteiger partial charge in [0, 0.05) is 30.0 Å². The van der Waals surface area contributed by atoms with Gasteiger partial charge in [0.15, 0.2) is 0 Å². The number of amides is 3. The summed E-state index contributed by atoms with van der Waals surface area (Å²) in [5.41, 5.74) is 4.82. The van der Waals surface area contributed by atoms with Crippen molar-refractivity contribution in [3.63, 3.8) is 0 Å². The van der Waals surface area contributed by atoms with Gasteiger partial charge in [-0.3, -0.25) is 9.89 Å². The molecule has 8 nitrogen and oxygen atoms in total. The van der Waals surface area contributed by atoms with Gasteiger partial charge in [0.05, 0.1) is 18.9 Å². The molecule has 32 heavy (non-hydrogen) atoms. The van der Waals surface area contributed by atoms with Crippen molar-refractivity contribution in [3.05, 3.63) is 35.7 Å². The first-order valence-corrected chi connectivity index (χ1v) is 11.6. The van der Waals surface area contributed by atoms with E-state index >= 15 is 0 Å². The van der Waals surface area contributed by atoms with Crippen molar-refractivity contribution in [2.24, 2.45) is 5.92 Å². The number of nitrogens with one attached hydrogen (secondary N) is 3. The molecule has 1 saturated heterocycles. The third-order valence-electron chi connectivity index (χ3n) is 6.55. The highest BCUT2D eigenvalue weighted by Gasteiger charge is 2.32. The smallest absolute Gasteiger partial charge is 0.318 e. The molecule has 4 rings (SSSR count). The van der Waals surface area contributed by atoms with E-state index in [1.807, 2.05) is 38.1 Å². The lowest BCUT2D eigenvalue weighted by Gasteiger charge is -2.33. The predicted molar refractivity (Wildman–Crippen MR) is 123 cm³/mol. The number of ether oxygens (including phenoxy) is 1. The van der Waals surface area contributed by atoms with Crippen LogP contribution in [0.3, 0.4) is 0 Å². The van der Waals surface area contributed by atoms with Crippen LogP contribution in [0.15, 0.2) is 24.3 Å². The molecule has 172 valence electrons. The van der Waals surface area contributed by atoms with Gasteiger partial charge in [-0.2, -0.15) is 5.10 Å². The number of hydrogen-bond donors (Lipinski definition) is 3. The molecule has 2 aromatic rings. The molecular weight excluding hydrogens is 406 g/mol. The molecule has 1 aromatic heterocycles. The fourth-order valence-corrected chi connectivity index (χ4v) is 4.77. The normalized spacial score (nSPS) is 18.2. The highest BCUT2D eigenvalue weighted by atomic mass is 16.5. The minimum Gasteiger partial charge on any atom is -0.378 e. The lowest BCUT2D eigenvalue weighted by Crippen LogP contribution is -2.55. The average molecular weight is 440 g/mol. The molecule has 1 aliphatic carbocycles. The number of carbonyl (C=O) groups excluding carboxylic acids is 2. The Kier molecular flexibility index (Phi) is 7.09. The predicted octanol–water partition coefficient (Wildman–Crippen LogP) is 3.62. The number of urea groups is 1. The van der Waals surface area contributed by atoms with Crippen molar-refractivity contribution >= 4 is 17.6 Å². The maximum atomic E-state index is 13.3. The van der Waals surface area contributed by atoms with E-state index in [2.05, 4.69) is 20.8 Å². The van der Waals surface area contributed by atoms with E-state index in [0.717, 1.165) is 53.9 Å². The number of H-pyrrole nitrogens is 1. The minimum absolute atomic E-state index is 0.151. The number of carbonyl (C=O) groups is 2. The molecule has 2 aliphatic rings. The number of morpholine rings is 1. The van der Waals surface area contributed by atoms with Crippen LogP contribution in [0.4, 0.5) is 10.5 Å². The fraction of sp³-hybridized carbons (Fsp3) is 0.542. The van der Waals surface area contributed by atoms with Crippen molar-refractivity contribution in [1.29, 1.82) is 0 Å². The summed E-state index contributed by atoms with van der Waals surface area (Å²) in [5.74, 6) is 0.00572. The Morgan fingerprint density at radius 1 is 1.09 bits per heavy atom. The summed E-state index contributed by atoms with van der Waals surface area (Å²) in [6, 6.07) is 7.07.